The third-order valence-corrected chi connectivity index (χ3v) is 4.10. The number of methoxy groups -OCH3 is 2. The molecule has 7 heteroatoms. The average Bonchev–Trinajstić information content (AvgIpc) is 3.12. The first-order valence-corrected chi connectivity index (χ1v) is 8.22. The molecule has 2 aromatic carbocycles. The van der Waals surface area contributed by atoms with Gasteiger partial charge in [0.15, 0.2) is 11.5 Å². The lowest BCUT2D eigenvalue weighted by molar-refractivity contribution is 0.144. The van der Waals surface area contributed by atoms with Gasteiger partial charge in [-0.15, -0.1) is 15.3 Å². The molecule has 132 valence electrons. The lowest BCUT2D eigenvalue weighted by Crippen LogP contribution is -2.08. The smallest absolute Gasteiger partial charge is 0.239 e. The van der Waals surface area contributed by atoms with E-state index in [1.807, 2.05) is 48.5 Å². The van der Waals surface area contributed by atoms with Crippen molar-refractivity contribution < 1.29 is 14.2 Å². The third-order valence-electron chi connectivity index (χ3n) is 4.10. The molecule has 7 nitrogen and oxygen atoms in total. The van der Waals surface area contributed by atoms with Gasteiger partial charge in [0.05, 0.1) is 13.7 Å². The Morgan fingerprint density at radius 2 is 1.65 bits per heavy atom. The lowest BCUT2D eigenvalue weighted by Gasteiger charge is -2.09. The minimum atomic E-state index is 0.416. The van der Waals surface area contributed by atoms with Crippen molar-refractivity contribution in [3.63, 3.8) is 0 Å². The summed E-state index contributed by atoms with van der Waals surface area (Å²) in [6.45, 7) is 0.903. The molecule has 0 saturated carbocycles. The summed E-state index contributed by atoms with van der Waals surface area (Å²) in [7, 11) is 3.28. The van der Waals surface area contributed by atoms with Crippen LogP contribution in [0.1, 0.15) is 0 Å². The molecule has 0 atom stereocenters. The molecule has 0 unspecified atom stereocenters. The highest BCUT2D eigenvalue weighted by atomic mass is 16.5. The first kappa shape index (κ1) is 16.3. The van der Waals surface area contributed by atoms with Crippen LogP contribution in [0.5, 0.6) is 11.6 Å². The van der Waals surface area contributed by atoms with Gasteiger partial charge in [0.25, 0.3) is 0 Å². The minimum Gasteiger partial charge on any atom is -0.497 e. The van der Waals surface area contributed by atoms with Crippen molar-refractivity contribution >= 4 is 16.4 Å². The summed E-state index contributed by atoms with van der Waals surface area (Å²) in [6, 6.07) is 15.5. The molecule has 4 rings (SSSR count). The molecule has 0 aliphatic rings. The van der Waals surface area contributed by atoms with Crippen LogP contribution in [0.15, 0.2) is 48.5 Å². The van der Waals surface area contributed by atoms with Crippen molar-refractivity contribution in [1.82, 2.24) is 19.8 Å². The zero-order chi connectivity index (χ0) is 17.9. The summed E-state index contributed by atoms with van der Waals surface area (Å²) in [5.74, 6) is 1.95. The SMILES string of the molecule is COCCOc1nn2c(-c3ccc(OC)cc3)nnc2c2ccccc12. The number of hydrogen-bond acceptors (Lipinski definition) is 6. The van der Waals surface area contributed by atoms with E-state index in [0.29, 0.717) is 30.6 Å². The van der Waals surface area contributed by atoms with Crippen LogP contribution in [0, 0.1) is 0 Å². The second-order valence-corrected chi connectivity index (χ2v) is 5.68. The van der Waals surface area contributed by atoms with Crippen LogP contribution in [-0.4, -0.2) is 47.2 Å². The van der Waals surface area contributed by atoms with Gasteiger partial charge in [-0.1, -0.05) is 18.2 Å². The van der Waals surface area contributed by atoms with E-state index >= 15 is 0 Å². The Morgan fingerprint density at radius 1 is 0.885 bits per heavy atom. The molecule has 0 aliphatic carbocycles. The number of benzene rings is 2. The molecule has 0 aliphatic heterocycles. The molecule has 2 aromatic heterocycles. The summed E-state index contributed by atoms with van der Waals surface area (Å²) in [6.07, 6.45) is 0. The summed E-state index contributed by atoms with van der Waals surface area (Å²) in [5.41, 5.74) is 1.58. The molecule has 0 amide bonds. The van der Waals surface area contributed by atoms with Crippen molar-refractivity contribution in [2.75, 3.05) is 27.4 Å². The quantitative estimate of drug-likeness (QED) is 0.498. The predicted molar refractivity (Wildman–Crippen MR) is 97.6 cm³/mol. The number of ether oxygens (including phenoxy) is 3. The van der Waals surface area contributed by atoms with Gasteiger partial charge in [0, 0.05) is 23.4 Å². The van der Waals surface area contributed by atoms with Gasteiger partial charge in [-0.3, -0.25) is 0 Å². The fraction of sp³-hybridized carbons (Fsp3) is 0.211. The molecule has 0 fully saturated rings. The van der Waals surface area contributed by atoms with E-state index in [1.165, 1.54) is 0 Å². The Balaban J connectivity index is 1.87. The topological polar surface area (TPSA) is 70.8 Å². The van der Waals surface area contributed by atoms with Crippen molar-refractivity contribution in [3.05, 3.63) is 48.5 Å². The second kappa shape index (κ2) is 6.97. The van der Waals surface area contributed by atoms with Crippen LogP contribution < -0.4 is 9.47 Å². The number of aromatic nitrogens is 4. The van der Waals surface area contributed by atoms with E-state index in [-0.39, 0.29) is 0 Å². The van der Waals surface area contributed by atoms with Crippen LogP contribution in [0.25, 0.3) is 27.8 Å². The maximum Gasteiger partial charge on any atom is 0.239 e. The second-order valence-electron chi connectivity index (χ2n) is 5.68. The van der Waals surface area contributed by atoms with Gasteiger partial charge in [0.2, 0.25) is 5.88 Å². The standard InChI is InChI=1S/C19H18N4O3/c1-24-11-12-26-19-16-6-4-3-5-15(16)18-21-20-17(23(18)22-19)13-7-9-14(25-2)10-8-13/h3-10H,11-12H2,1-2H3. The Kier molecular flexibility index (Phi) is 4.37. The number of nitrogens with zero attached hydrogens (tertiary/aromatic N) is 4. The van der Waals surface area contributed by atoms with Gasteiger partial charge in [-0.2, -0.15) is 4.52 Å². The summed E-state index contributed by atoms with van der Waals surface area (Å²) in [5, 5.41) is 15.1. The predicted octanol–water partition coefficient (Wildman–Crippen LogP) is 2.98. The van der Waals surface area contributed by atoms with Crippen LogP contribution in [0.4, 0.5) is 0 Å². The van der Waals surface area contributed by atoms with Gasteiger partial charge in [-0.05, 0) is 30.3 Å². The highest BCUT2D eigenvalue weighted by Gasteiger charge is 2.16. The van der Waals surface area contributed by atoms with Crippen molar-refractivity contribution in [1.29, 1.82) is 0 Å². The molecular formula is C19H18N4O3. The maximum atomic E-state index is 5.83. The Labute approximate surface area is 150 Å². The molecule has 0 saturated heterocycles. The van der Waals surface area contributed by atoms with Crippen LogP contribution in [-0.2, 0) is 4.74 Å². The molecule has 0 radical (unpaired) electrons. The average molecular weight is 350 g/mol. The monoisotopic (exact) mass is 350 g/mol. The lowest BCUT2D eigenvalue weighted by atomic mass is 10.2. The summed E-state index contributed by atoms with van der Waals surface area (Å²) < 4.78 is 17.8. The Morgan fingerprint density at radius 3 is 2.38 bits per heavy atom. The molecule has 0 bridgehead atoms. The number of hydrogen-bond donors (Lipinski definition) is 0. The fourth-order valence-electron chi connectivity index (χ4n) is 2.80. The molecule has 26 heavy (non-hydrogen) atoms. The van der Waals surface area contributed by atoms with E-state index in [9.17, 15) is 0 Å². The van der Waals surface area contributed by atoms with Gasteiger partial charge in [0.1, 0.15) is 12.4 Å². The van der Waals surface area contributed by atoms with Crippen LogP contribution >= 0.6 is 0 Å². The van der Waals surface area contributed by atoms with E-state index in [1.54, 1.807) is 18.7 Å². The van der Waals surface area contributed by atoms with Crippen molar-refractivity contribution in [2.45, 2.75) is 0 Å². The van der Waals surface area contributed by atoms with E-state index < -0.39 is 0 Å². The van der Waals surface area contributed by atoms with Gasteiger partial charge in [-0.25, -0.2) is 0 Å². The zero-order valence-corrected chi connectivity index (χ0v) is 14.5. The van der Waals surface area contributed by atoms with Gasteiger partial charge < -0.3 is 14.2 Å². The first-order valence-electron chi connectivity index (χ1n) is 8.22. The normalized spacial score (nSPS) is 11.2. The third kappa shape index (κ3) is 2.82. The highest BCUT2D eigenvalue weighted by molar-refractivity contribution is 5.97. The van der Waals surface area contributed by atoms with Gasteiger partial charge >= 0.3 is 0 Å². The van der Waals surface area contributed by atoms with E-state index in [0.717, 1.165) is 22.1 Å². The minimum absolute atomic E-state index is 0.416. The number of rotatable bonds is 6. The van der Waals surface area contributed by atoms with Crippen molar-refractivity contribution in [3.8, 4) is 23.0 Å². The van der Waals surface area contributed by atoms with Crippen LogP contribution in [0.3, 0.4) is 0 Å². The summed E-state index contributed by atoms with van der Waals surface area (Å²) >= 11 is 0. The molecule has 4 aromatic rings. The summed E-state index contributed by atoms with van der Waals surface area (Å²) in [4.78, 5) is 0. The zero-order valence-electron chi connectivity index (χ0n) is 14.5. The first-order chi connectivity index (χ1) is 12.8. The van der Waals surface area contributed by atoms with E-state index in [2.05, 4.69) is 15.3 Å². The fourth-order valence-corrected chi connectivity index (χ4v) is 2.80. The molecule has 2 heterocycles. The van der Waals surface area contributed by atoms with E-state index in [4.69, 9.17) is 14.2 Å². The Bertz CT molecular complexity index is 1040. The van der Waals surface area contributed by atoms with Crippen molar-refractivity contribution in [2.24, 2.45) is 0 Å². The molecule has 0 spiro atoms. The highest BCUT2D eigenvalue weighted by Crippen LogP contribution is 2.29. The number of fused-ring (bicyclic) bond motifs is 3. The maximum absolute atomic E-state index is 5.83. The Hall–Kier alpha value is -3.19. The molecule has 0 N–H and O–H groups in total. The van der Waals surface area contributed by atoms with Crippen LogP contribution in [0.2, 0.25) is 0 Å². The largest absolute Gasteiger partial charge is 0.497 e. The molecular weight excluding hydrogens is 332 g/mol.